The standard InChI is InChI=1S/C28H31N5O6S2/c1-3-19-21(31)13-23(40(34,35)36)25(15-5-9-17(29)10-6-15)27(19)33-28-20(4-2)22(32)14-24(41(37,38)39)26(28)16-7-11-18(30)12-8-16/h5-14,33H,3-4,29-32H2,1-2H3,(H,34,35,36)(H,37,38,39). The first kappa shape index (κ1) is 29.7. The Kier molecular flexibility index (Phi) is 7.91. The Hall–Kier alpha value is -4.30. The zero-order valence-electron chi connectivity index (χ0n) is 22.3. The molecular formula is C28H31N5O6S2. The minimum Gasteiger partial charge on any atom is -0.399 e. The summed E-state index contributed by atoms with van der Waals surface area (Å²) in [7, 11) is -9.60. The van der Waals surface area contributed by atoms with Gasteiger partial charge in [-0.05, 0) is 71.5 Å². The Balaban J connectivity index is 2.21. The summed E-state index contributed by atoms with van der Waals surface area (Å²) < 4.78 is 71.0. The minimum atomic E-state index is -4.80. The average molecular weight is 598 g/mol. The molecular weight excluding hydrogens is 566 g/mol. The van der Waals surface area contributed by atoms with Gasteiger partial charge in [0, 0.05) is 33.9 Å². The maximum absolute atomic E-state index is 12.6. The number of anilines is 6. The first-order valence-corrected chi connectivity index (χ1v) is 15.4. The molecule has 4 aromatic rings. The molecule has 0 aromatic heterocycles. The molecule has 0 aliphatic rings. The average Bonchev–Trinajstić information content (AvgIpc) is 2.89. The van der Waals surface area contributed by atoms with Crippen LogP contribution in [0.2, 0.25) is 0 Å². The van der Waals surface area contributed by atoms with Crippen LogP contribution in [0.4, 0.5) is 34.1 Å². The number of nitrogens with one attached hydrogen (secondary N) is 1. The smallest absolute Gasteiger partial charge is 0.295 e. The van der Waals surface area contributed by atoms with Crippen molar-refractivity contribution in [1.29, 1.82) is 0 Å². The third kappa shape index (κ3) is 5.79. The van der Waals surface area contributed by atoms with Crippen molar-refractivity contribution < 1.29 is 25.9 Å². The zero-order valence-corrected chi connectivity index (χ0v) is 24.0. The molecule has 0 saturated carbocycles. The van der Waals surface area contributed by atoms with Gasteiger partial charge in [0.1, 0.15) is 9.79 Å². The lowest BCUT2D eigenvalue weighted by molar-refractivity contribution is 0.481. The van der Waals surface area contributed by atoms with Crippen molar-refractivity contribution in [3.05, 3.63) is 71.8 Å². The summed E-state index contributed by atoms with van der Waals surface area (Å²) in [6.07, 6.45) is 0.655. The Bertz CT molecular complexity index is 1720. The summed E-state index contributed by atoms with van der Waals surface area (Å²) in [5, 5.41) is 3.24. The molecule has 4 aromatic carbocycles. The van der Waals surface area contributed by atoms with E-state index in [0.29, 0.717) is 46.5 Å². The van der Waals surface area contributed by atoms with Gasteiger partial charge in [-0.3, -0.25) is 9.11 Å². The molecule has 0 radical (unpaired) electrons. The second-order valence-electron chi connectivity index (χ2n) is 9.41. The molecule has 0 bridgehead atoms. The molecule has 41 heavy (non-hydrogen) atoms. The third-order valence-corrected chi connectivity index (χ3v) is 8.53. The molecule has 0 saturated heterocycles. The highest BCUT2D eigenvalue weighted by atomic mass is 32.2. The third-order valence-electron chi connectivity index (χ3n) is 6.78. The lowest BCUT2D eigenvalue weighted by atomic mass is 9.93. The number of nitrogens with two attached hydrogens (primary N) is 4. The summed E-state index contributed by atoms with van der Waals surface area (Å²) in [5.74, 6) is 0. The molecule has 0 amide bonds. The second kappa shape index (κ2) is 10.9. The van der Waals surface area contributed by atoms with Crippen molar-refractivity contribution in [1.82, 2.24) is 0 Å². The highest BCUT2D eigenvalue weighted by Gasteiger charge is 2.29. The van der Waals surface area contributed by atoms with Crippen LogP contribution in [-0.2, 0) is 33.1 Å². The van der Waals surface area contributed by atoms with E-state index in [9.17, 15) is 25.9 Å². The van der Waals surface area contributed by atoms with Gasteiger partial charge in [-0.15, -0.1) is 0 Å². The van der Waals surface area contributed by atoms with Crippen LogP contribution in [-0.4, -0.2) is 25.9 Å². The summed E-state index contributed by atoms with van der Waals surface area (Å²) in [4.78, 5) is -0.934. The SMILES string of the molecule is CCc1c(N)cc(S(=O)(=O)O)c(-c2ccc(N)cc2)c1Nc1c(CC)c(N)cc(S(=O)(=O)O)c1-c1ccc(N)cc1. The van der Waals surface area contributed by atoms with Gasteiger partial charge in [0.2, 0.25) is 0 Å². The molecule has 0 unspecified atom stereocenters. The second-order valence-corrected chi connectivity index (χ2v) is 12.2. The molecule has 11 N–H and O–H groups in total. The quantitative estimate of drug-likeness (QED) is 0.109. The number of benzene rings is 4. The molecule has 0 fully saturated rings. The van der Waals surface area contributed by atoms with E-state index >= 15 is 0 Å². The number of nitrogen functional groups attached to an aromatic ring is 4. The Morgan fingerprint density at radius 3 is 1.20 bits per heavy atom. The van der Waals surface area contributed by atoms with E-state index < -0.39 is 30.0 Å². The van der Waals surface area contributed by atoms with Gasteiger partial charge in [0.15, 0.2) is 0 Å². The van der Waals surface area contributed by atoms with Gasteiger partial charge in [0.05, 0.1) is 11.4 Å². The lowest BCUT2D eigenvalue weighted by Crippen LogP contribution is -2.13. The van der Waals surface area contributed by atoms with Crippen LogP contribution in [0.3, 0.4) is 0 Å². The highest BCUT2D eigenvalue weighted by molar-refractivity contribution is 7.86. The summed E-state index contributed by atoms with van der Waals surface area (Å²) in [5.41, 5.74) is 27.7. The van der Waals surface area contributed by atoms with Crippen molar-refractivity contribution in [2.45, 2.75) is 36.5 Å². The van der Waals surface area contributed by atoms with Gasteiger partial charge < -0.3 is 28.3 Å². The van der Waals surface area contributed by atoms with E-state index in [1.165, 1.54) is 12.1 Å². The molecule has 0 aliphatic heterocycles. The topological polar surface area (TPSA) is 225 Å². The van der Waals surface area contributed by atoms with E-state index in [-0.39, 0.29) is 33.9 Å². The van der Waals surface area contributed by atoms with E-state index in [2.05, 4.69) is 5.32 Å². The largest absolute Gasteiger partial charge is 0.399 e. The Morgan fingerprint density at radius 1 is 0.610 bits per heavy atom. The zero-order chi connectivity index (χ0) is 30.3. The van der Waals surface area contributed by atoms with Gasteiger partial charge in [-0.1, -0.05) is 38.1 Å². The van der Waals surface area contributed by atoms with Crippen LogP contribution in [0.25, 0.3) is 22.3 Å². The van der Waals surface area contributed by atoms with Crippen LogP contribution < -0.4 is 28.3 Å². The van der Waals surface area contributed by atoms with Crippen molar-refractivity contribution in [2.75, 3.05) is 28.3 Å². The fourth-order valence-electron chi connectivity index (χ4n) is 4.88. The van der Waals surface area contributed by atoms with Crippen molar-refractivity contribution in [3.8, 4) is 22.3 Å². The molecule has 11 nitrogen and oxygen atoms in total. The summed E-state index contributed by atoms with van der Waals surface area (Å²) >= 11 is 0. The van der Waals surface area contributed by atoms with E-state index in [1.807, 2.05) is 0 Å². The van der Waals surface area contributed by atoms with Crippen molar-refractivity contribution in [3.63, 3.8) is 0 Å². The van der Waals surface area contributed by atoms with Crippen LogP contribution in [0.15, 0.2) is 70.5 Å². The number of hydrogen-bond acceptors (Lipinski definition) is 9. The van der Waals surface area contributed by atoms with Crippen LogP contribution in [0.5, 0.6) is 0 Å². The Morgan fingerprint density at radius 2 is 0.927 bits per heavy atom. The van der Waals surface area contributed by atoms with Crippen molar-refractivity contribution in [2.24, 2.45) is 0 Å². The molecule has 4 rings (SSSR count). The first-order chi connectivity index (χ1) is 19.2. The maximum Gasteiger partial charge on any atom is 0.295 e. The predicted octanol–water partition coefficient (Wildman–Crippen LogP) is 4.71. The van der Waals surface area contributed by atoms with Gasteiger partial charge in [0.25, 0.3) is 20.2 Å². The van der Waals surface area contributed by atoms with Gasteiger partial charge in [-0.2, -0.15) is 16.8 Å². The van der Waals surface area contributed by atoms with Gasteiger partial charge >= 0.3 is 0 Å². The fraction of sp³-hybridized carbons (Fsp3) is 0.143. The summed E-state index contributed by atoms with van der Waals surface area (Å²) in [6.45, 7) is 3.61. The van der Waals surface area contributed by atoms with Crippen LogP contribution in [0.1, 0.15) is 25.0 Å². The van der Waals surface area contributed by atoms with Crippen LogP contribution >= 0.6 is 0 Å². The monoisotopic (exact) mass is 597 g/mol. The highest BCUT2D eigenvalue weighted by Crippen LogP contribution is 2.47. The van der Waals surface area contributed by atoms with E-state index in [1.54, 1.807) is 62.4 Å². The molecule has 13 heteroatoms. The first-order valence-electron chi connectivity index (χ1n) is 12.5. The van der Waals surface area contributed by atoms with Crippen molar-refractivity contribution >= 4 is 54.4 Å². The number of rotatable bonds is 8. The molecule has 216 valence electrons. The molecule has 0 aliphatic carbocycles. The van der Waals surface area contributed by atoms with Crippen LogP contribution in [0, 0.1) is 0 Å². The maximum atomic E-state index is 12.6. The van der Waals surface area contributed by atoms with E-state index in [0.717, 1.165) is 0 Å². The lowest BCUT2D eigenvalue weighted by Gasteiger charge is -2.25. The van der Waals surface area contributed by atoms with E-state index in [4.69, 9.17) is 22.9 Å². The van der Waals surface area contributed by atoms with Gasteiger partial charge in [-0.25, -0.2) is 0 Å². The fourth-order valence-corrected chi connectivity index (χ4v) is 6.39. The normalized spacial score (nSPS) is 11.9. The number of hydrogen-bond donors (Lipinski definition) is 7. The minimum absolute atomic E-state index is 0.0767. The predicted molar refractivity (Wildman–Crippen MR) is 163 cm³/mol. The Labute approximate surface area is 238 Å². The molecule has 0 heterocycles. The summed E-state index contributed by atoms with van der Waals surface area (Å²) in [6, 6.07) is 15.0. The molecule has 0 atom stereocenters. The molecule has 0 spiro atoms.